The van der Waals surface area contributed by atoms with Crippen molar-refractivity contribution in [3.63, 3.8) is 0 Å². The van der Waals surface area contributed by atoms with Crippen molar-refractivity contribution in [3.8, 4) is 0 Å². The highest BCUT2D eigenvalue weighted by molar-refractivity contribution is 5.68. The van der Waals surface area contributed by atoms with E-state index in [-0.39, 0.29) is 6.09 Å². The fourth-order valence-corrected chi connectivity index (χ4v) is 2.26. The predicted molar refractivity (Wildman–Crippen MR) is 71.8 cm³/mol. The molecule has 5 nitrogen and oxygen atoms in total. The van der Waals surface area contributed by atoms with Crippen molar-refractivity contribution in [1.82, 2.24) is 15.1 Å². The number of piperidine rings is 1. The number of likely N-dealkylation sites (tertiary alicyclic amines) is 1. The standard InChI is InChI=1S/C14H21N3O2/c1-14(2,3)19-13(18)17-8-5-11(6-9-17)12-4-7-15-16-10-12/h4,7,10-11H,5-6,8-9H2,1-3H3. The third kappa shape index (κ3) is 3.91. The van der Waals surface area contributed by atoms with Crippen LogP contribution in [0.15, 0.2) is 18.5 Å². The Bertz CT molecular complexity index is 420. The Kier molecular flexibility index (Phi) is 4.02. The zero-order valence-electron chi connectivity index (χ0n) is 11.8. The molecule has 1 aromatic rings. The average molecular weight is 263 g/mol. The quantitative estimate of drug-likeness (QED) is 0.781. The number of hydrogen-bond acceptors (Lipinski definition) is 4. The second kappa shape index (κ2) is 5.55. The molecule has 2 heterocycles. The Hall–Kier alpha value is -1.65. The fourth-order valence-electron chi connectivity index (χ4n) is 2.26. The molecule has 1 aromatic heterocycles. The third-order valence-corrected chi connectivity index (χ3v) is 3.23. The van der Waals surface area contributed by atoms with E-state index in [1.54, 1.807) is 11.1 Å². The highest BCUT2D eigenvalue weighted by Gasteiger charge is 2.27. The lowest BCUT2D eigenvalue weighted by Gasteiger charge is -2.33. The number of ether oxygens (including phenoxy) is 1. The highest BCUT2D eigenvalue weighted by atomic mass is 16.6. The zero-order chi connectivity index (χ0) is 13.9. The van der Waals surface area contributed by atoms with Crippen molar-refractivity contribution in [2.24, 2.45) is 0 Å². The molecular formula is C14H21N3O2. The summed E-state index contributed by atoms with van der Waals surface area (Å²) in [5, 5.41) is 7.70. The smallest absolute Gasteiger partial charge is 0.410 e. The molecule has 0 bridgehead atoms. The maximum absolute atomic E-state index is 11.9. The molecule has 1 saturated heterocycles. The molecule has 1 aliphatic heterocycles. The first-order valence-electron chi connectivity index (χ1n) is 6.70. The minimum absolute atomic E-state index is 0.209. The number of aromatic nitrogens is 2. The molecule has 0 aromatic carbocycles. The van der Waals surface area contributed by atoms with E-state index in [0.717, 1.165) is 25.9 Å². The molecule has 2 rings (SSSR count). The van der Waals surface area contributed by atoms with Crippen LogP contribution in [0.4, 0.5) is 4.79 Å². The first kappa shape index (κ1) is 13.8. The van der Waals surface area contributed by atoms with Gasteiger partial charge in [-0.25, -0.2) is 4.79 Å². The van der Waals surface area contributed by atoms with Crippen LogP contribution in [0, 0.1) is 0 Å². The van der Waals surface area contributed by atoms with E-state index in [4.69, 9.17) is 4.74 Å². The van der Waals surface area contributed by atoms with E-state index in [2.05, 4.69) is 10.2 Å². The van der Waals surface area contributed by atoms with Gasteiger partial charge in [0.1, 0.15) is 5.60 Å². The number of nitrogens with zero attached hydrogens (tertiary/aromatic N) is 3. The van der Waals surface area contributed by atoms with Crippen LogP contribution < -0.4 is 0 Å². The van der Waals surface area contributed by atoms with Gasteiger partial charge in [0, 0.05) is 19.3 Å². The number of amides is 1. The molecule has 0 unspecified atom stereocenters. The lowest BCUT2D eigenvalue weighted by Crippen LogP contribution is -2.41. The molecule has 0 radical (unpaired) electrons. The summed E-state index contributed by atoms with van der Waals surface area (Å²) >= 11 is 0. The van der Waals surface area contributed by atoms with E-state index < -0.39 is 5.60 Å². The lowest BCUT2D eigenvalue weighted by molar-refractivity contribution is 0.0205. The highest BCUT2D eigenvalue weighted by Crippen LogP contribution is 2.27. The average Bonchev–Trinajstić information content (AvgIpc) is 2.38. The van der Waals surface area contributed by atoms with Crippen LogP contribution in [0.5, 0.6) is 0 Å². The Morgan fingerprint density at radius 3 is 2.53 bits per heavy atom. The van der Waals surface area contributed by atoms with Gasteiger partial charge < -0.3 is 9.64 Å². The predicted octanol–water partition coefficient (Wildman–Crippen LogP) is 2.59. The maximum atomic E-state index is 11.9. The molecular weight excluding hydrogens is 242 g/mol. The van der Waals surface area contributed by atoms with E-state index >= 15 is 0 Å². The molecule has 0 aliphatic carbocycles. The number of rotatable bonds is 1. The molecule has 1 fully saturated rings. The summed E-state index contributed by atoms with van der Waals surface area (Å²) in [5.74, 6) is 0.467. The summed E-state index contributed by atoms with van der Waals surface area (Å²) in [6.45, 7) is 7.14. The van der Waals surface area contributed by atoms with Crippen molar-refractivity contribution in [3.05, 3.63) is 24.0 Å². The minimum Gasteiger partial charge on any atom is -0.444 e. The van der Waals surface area contributed by atoms with Crippen LogP contribution in [0.25, 0.3) is 0 Å². The Morgan fingerprint density at radius 1 is 1.32 bits per heavy atom. The van der Waals surface area contributed by atoms with Crippen LogP contribution in [0.3, 0.4) is 0 Å². The lowest BCUT2D eigenvalue weighted by atomic mass is 9.91. The second-order valence-electron chi connectivity index (χ2n) is 5.92. The van der Waals surface area contributed by atoms with Gasteiger partial charge in [0.15, 0.2) is 0 Å². The van der Waals surface area contributed by atoms with Crippen molar-refractivity contribution >= 4 is 6.09 Å². The second-order valence-corrected chi connectivity index (χ2v) is 5.92. The van der Waals surface area contributed by atoms with E-state index in [1.165, 1.54) is 5.56 Å². The van der Waals surface area contributed by atoms with E-state index in [9.17, 15) is 4.79 Å². The van der Waals surface area contributed by atoms with Gasteiger partial charge in [-0.15, -0.1) is 0 Å². The molecule has 0 atom stereocenters. The van der Waals surface area contributed by atoms with Crippen molar-refractivity contribution in [2.45, 2.75) is 45.1 Å². The van der Waals surface area contributed by atoms with Crippen molar-refractivity contribution < 1.29 is 9.53 Å². The van der Waals surface area contributed by atoms with Crippen molar-refractivity contribution in [1.29, 1.82) is 0 Å². The molecule has 104 valence electrons. The van der Waals surface area contributed by atoms with Gasteiger partial charge >= 0.3 is 6.09 Å². The third-order valence-electron chi connectivity index (χ3n) is 3.23. The van der Waals surface area contributed by atoms with Gasteiger partial charge in [0.2, 0.25) is 0 Å². The van der Waals surface area contributed by atoms with Gasteiger partial charge in [-0.3, -0.25) is 0 Å². The van der Waals surface area contributed by atoms with Crippen LogP contribution in [0.1, 0.15) is 45.1 Å². The number of carbonyl (C=O) groups excluding carboxylic acids is 1. The summed E-state index contributed by atoms with van der Waals surface area (Å²) in [6, 6.07) is 2.00. The zero-order valence-corrected chi connectivity index (χ0v) is 11.8. The minimum atomic E-state index is -0.428. The topological polar surface area (TPSA) is 55.3 Å². The van der Waals surface area contributed by atoms with Gasteiger partial charge in [-0.2, -0.15) is 10.2 Å². The van der Waals surface area contributed by atoms with Crippen LogP contribution >= 0.6 is 0 Å². The fraction of sp³-hybridized carbons (Fsp3) is 0.643. The summed E-state index contributed by atoms with van der Waals surface area (Å²) in [6.07, 6.45) is 5.22. The monoisotopic (exact) mass is 263 g/mol. The molecule has 1 amide bonds. The molecule has 19 heavy (non-hydrogen) atoms. The first-order valence-corrected chi connectivity index (χ1v) is 6.70. The van der Waals surface area contributed by atoms with E-state index in [1.807, 2.05) is 33.0 Å². The Balaban J connectivity index is 1.88. The number of hydrogen-bond donors (Lipinski definition) is 0. The summed E-state index contributed by atoms with van der Waals surface area (Å²) in [7, 11) is 0. The van der Waals surface area contributed by atoms with Crippen LogP contribution in [0.2, 0.25) is 0 Å². The first-order chi connectivity index (χ1) is 8.96. The van der Waals surface area contributed by atoms with Crippen molar-refractivity contribution in [2.75, 3.05) is 13.1 Å². The SMILES string of the molecule is CC(C)(C)OC(=O)N1CCC(c2ccnnc2)CC1. The van der Waals surface area contributed by atoms with Gasteiger partial charge in [-0.05, 0) is 51.2 Å². The summed E-state index contributed by atoms with van der Waals surface area (Å²) in [5.41, 5.74) is 0.780. The molecule has 1 aliphatic rings. The maximum Gasteiger partial charge on any atom is 0.410 e. The normalized spacial score (nSPS) is 17.3. The molecule has 0 saturated carbocycles. The summed E-state index contributed by atoms with van der Waals surface area (Å²) in [4.78, 5) is 13.7. The molecule has 0 spiro atoms. The van der Waals surface area contributed by atoms with Gasteiger partial charge in [0.05, 0.1) is 6.20 Å². The number of carbonyl (C=O) groups is 1. The largest absolute Gasteiger partial charge is 0.444 e. The van der Waals surface area contributed by atoms with Gasteiger partial charge in [-0.1, -0.05) is 0 Å². The Labute approximate surface area is 114 Å². The summed E-state index contributed by atoms with van der Waals surface area (Å²) < 4.78 is 5.38. The van der Waals surface area contributed by atoms with Crippen LogP contribution in [-0.2, 0) is 4.74 Å². The van der Waals surface area contributed by atoms with Gasteiger partial charge in [0.25, 0.3) is 0 Å². The van der Waals surface area contributed by atoms with Crippen LogP contribution in [-0.4, -0.2) is 39.9 Å². The Morgan fingerprint density at radius 2 is 2.00 bits per heavy atom. The van der Waals surface area contributed by atoms with E-state index in [0.29, 0.717) is 5.92 Å². The molecule has 5 heteroatoms. The molecule has 0 N–H and O–H groups in total.